The highest BCUT2D eigenvalue weighted by Gasteiger charge is 2.28. The van der Waals surface area contributed by atoms with Crippen LogP contribution < -0.4 is 5.76 Å². The minimum Gasteiger partial charge on any atom is -0.408 e. The zero-order chi connectivity index (χ0) is 19.7. The predicted molar refractivity (Wildman–Crippen MR) is 108 cm³/mol. The minimum absolute atomic E-state index is 0.0725. The molecule has 3 aromatic rings. The summed E-state index contributed by atoms with van der Waals surface area (Å²) in [5, 5.41) is 0.513. The van der Waals surface area contributed by atoms with Gasteiger partial charge in [-0.05, 0) is 37.1 Å². The van der Waals surface area contributed by atoms with Crippen LogP contribution in [0, 0.1) is 0 Å². The van der Waals surface area contributed by atoms with Gasteiger partial charge in [-0.3, -0.25) is 9.36 Å². The van der Waals surface area contributed by atoms with Crippen molar-refractivity contribution in [3.63, 3.8) is 0 Å². The third-order valence-corrected chi connectivity index (χ3v) is 5.81. The van der Waals surface area contributed by atoms with Gasteiger partial charge in [-0.1, -0.05) is 24.4 Å². The molecule has 1 aliphatic rings. The van der Waals surface area contributed by atoms with Crippen LogP contribution in [-0.2, 0) is 18.4 Å². The molecule has 1 amide bonds. The molecule has 3 heterocycles. The summed E-state index contributed by atoms with van der Waals surface area (Å²) in [5.74, 6) is -0.386. The van der Waals surface area contributed by atoms with Gasteiger partial charge in [-0.25, -0.2) is 4.79 Å². The Morgan fingerprint density at radius 3 is 2.89 bits per heavy atom. The highest BCUT2D eigenvalue weighted by atomic mass is 35.5. The zero-order valence-electron chi connectivity index (χ0n) is 15.9. The van der Waals surface area contributed by atoms with E-state index in [0.29, 0.717) is 22.7 Å². The van der Waals surface area contributed by atoms with E-state index in [-0.39, 0.29) is 18.4 Å². The van der Waals surface area contributed by atoms with Crippen molar-refractivity contribution in [3.8, 4) is 0 Å². The highest BCUT2D eigenvalue weighted by Crippen LogP contribution is 2.31. The van der Waals surface area contributed by atoms with E-state index in [9.17, 15) is 9.59 Å². The molecule has 0 bridgehead atoms. The number of fused-ring (bicyclic) bond motifs is 1. The topological polar surface area (TPSA) is 60.4 Å². The number of aromatic nitrogens is 2. The van der Waals surface area contributed by atoms with Gasteiger partial charge in [0.25, 0.3) is 0 Å². The van der Waals surface area contributed by atoms with Gasteiger partial charge in [0.2, 0.25) is 5.91 Å². The molecule has 2 aromatic heterocycles. The van der Waals surface area contributed by atoms with Crippen LogP contribution in [0.25, 0.3) is 11.1 Å². The van der Waals surface area contributed by atoms with Gasteiger partial charge in [0.1, 0.15) is 0 Å². The molecule has 0 aliphatic carbocycles. The second-order valence-corrected chi connectivity index (χ2v) is 7.81. The summed E-state index contributed by atoms with van der Waals surface area (Å²) >= 11 is 5.97. The lowest BCUT2D eigenvalue weighted by molar-refractivity contribution is -0.134. The molecule has 0 spiro atoms. The number of halogens is 1. The van der Waals surface area contributed by atoms with Crippen molar-refractivity contribution >= 4 is 28.6 Å². The molecule has 0 N–H and O–H groups in total. The van der Waals surface area contributed by atoms with Crippen molar-refractivity contribution in [2.45, 2.75) is 44.7 Å². The monoisotopic (exact) mass is 401 g/mol. The second-order valence-electron chi connectivity index (χ2n) is 7.38. The molecule has 0 saturated carbocycles. The fourth-order valence-electron chi connectivity index (χ4n) is 4.14. The molecule has 1 atom stereocenters. The van der Waals surface area contributed by atoms with Crippen LogP contribution in [0.1, 0.15) is 43.8 Å². The van der Waals surface area contributed by atoms with E-state index >= 15 is 0 Å². The lowest BCUT2D eigenvalue weighted by atomic mass is 10.1. The van der Waals surface area contributed by atoms with Crippen LogP contribution >= 0.6 is 11.6 Å². The Morgan fingerprint density at radius 2 is 2.11 bits per heavy atom. The number of carbonyl (C=O) groups is 1. The summed E-state index contributed by atoms with van der Waals surface area (Å²) in [6, 6.07) is 9.30. The standard InChI is InChI=1S/C21H24ClN3O3/c1-23-11-5-7-16(23)17-6-3-2-4-12-24(17)20(26)10-13-25-18-9-8-15(22)14-19(18)28-21(25)27/h5,7-9,11,14,17H,2-4,6,10,12-13H2,1H3. The van der Waals surface area contributed by atoms with Crippen LogP contribution in [0.4, 0.5) is 0 Å². The molecule has 1 aromatic carbocycles. The minimum atomic E-state index is -0.458. The number of nitrogens with zero attached hydrogens (tertiary/aromatic N) is 3. The lowest BCUT2D eigenvalue weighted by Gasteiger charge is -2.30. The van der Waals surface area contributed by atoms with Crippen molar-refractivity contribution in [2.75, 3.05) is 6.54 Å². The smallest absolute Gasteiger partial charge is 0.408 e. The number of oxazole rings is 1. The van der Waals surface area contributed by atoms with Crippen LogP contribution in [0.5, 0.6) is 0 Å². The van der Waals surface area contributed by atoms with Crippen molar-refractivity contribution in [2.24, 2.45) is 7.05 Å². The molecular weight excluding hydrogens is 378 g/mol. The van der Waals surface area contributed by atoms with Crippen LogP contribution in [0.2, 0.25) is 5.02 Å². The van der Waals surface area contributed by atoms with Crippen molar-refractivity contribution in [1.29, 1.82) is 0 Å². The molecule has 1 fully saturated rings. The first-order valence-electron chi connectivity index (χ1n) is 9.74. The zero-order valence-corrected chi connectivity index (χ0v) is 16.7. The summed E-state index contributed by atoms with van der Waals surface area (Å²) < 4.78 is 8.87. The number of amides is 1. The lowest BCUT2D eigenvalue weighted by Crippen LogP contribution is -2.36. The average Bonchev–Trinajstić information content (AvgIpc) is 3.12. The van der Waals surface area contributed by atoms with Crippen LogP contribution in [0.15, 0.2) is 45.7 Å². The van der Waals surface area contributed by atoms with E-state index in [1.807, 2.05) is 24.2 Å². The summed E-state index contributed by atoms with van der Waals surface area (Å²) in [6.45, 7) is 1.05. The molecule has 0 radical (unpaired) electrons. The van der Waals surface area contributed by atoms with Gasteiger partial charge >= 0.3 is 5.76 Å². The van der Waals surface area contributed by atoms with Crippen LogP contribution in [-0.4, -0.2) is 26.5 Å². The predicted octanol–water partition coefficient (Wildman–Crippen LogP) is 4.12. The molecule has 1 aliphatic heterocycles. The maximum absolute atomic E-state index is 13.1. The van der Waals surface area contributed by atoms with Crippen molar-refractivity contribution < 1.29 is 9.21 Å². The van der Waals surface area contributed by atoms with Gasteiger partial charge in [-0.15, -0.1) is 0 Å². The van der Waals surface area contributed by atoms with Crippen molar-refractivity contribution in [3.05, 3.63) is 57.8 Å². The maximum atomic E-state index is 13.1. The van der Waals surface area contributed by atoms with E-state index in [2.05, 4.69) is 10.6 Å². The van der Waals surface area contributed by atoms with E-state index in [1.54, 1.807) is 18.2 Å². The summed E-state index contributed by atoms with van der Waals surface area (Å²) in [7, 11) is 2.02. The SMILES string of the molecule is Cn1cccc1C1CCCCCN1C(=O)CCn1c(=O)oc2cc(Cl)ccc21. The summed E-state index contributed by atoms with van der Waals surface area (Å²) in [4.78, 5) is 27.3. The number of likely N-dealkylation sites (tertiary alicyclic amines) is 1. The Kier molecular flexibility index (Phi) is 5.31. The Labute approximate surface area is 168 Å². The van der Waals surface area contributed by atoms with E-state index in [4.69, 9.17) is 16.0 Å². The normalized spacial score (nSPS) is 17.8. The van der Waals surface area contributed by atoms with Crippen molar-refractivity contribution in [1.82, 2.24) is 14.0 Å². The number of hydrogen-bond acceptors (Lipinski definition) is 3. The number of hydrogen-bond donors (Lipinski definition) is 0. The third kappa shape index (κ3) is 3.61. The Bertz CT molecular complexity index is 1050. The molecule has 148 valence electrons. The Balaban J connectivity index is 1.54. The molecule has 7 heteroatoms. The fraction of sp³-hybridized carbons (Fsp3) is 0.429. The molecule has 1 unspecified atom stereocenters. The Morgan fingerprint density at radius 1 is 1.25 bits per heavy atom. The molecule has 1 saturated heterocycles. The summed E-state index contributed by atoms with van der Waals surface area (Å²) in [6.07, 6.45) is 6.52. The maximum Gasteiger partial charge on any atom is 0.419 e. The van der Waals surface area contributed by atoms with Gasteiger partial charge in [0.05, 0.1) is 11.6 Å². The third-order valence-electron chi connectivity index (χ3n) is 5.58. The van der Waals surface area contributed by atoms with Crippen LogP contribution in [0.3, 0.4) is 0 Å². The van der Waals surface area contributed by atoms with Gasteiger partial charge in [0, 0.05) is 49.5 Å². The number of aryl methyl sites for hydroxylation is 2. The summed E-state index contributed by atoms with van der Waals surface area (Å²) in [5.41, 5.74) is 2.27. The van der Waals surface area contributed by atoms with Gasteiger partial charge in [0.15, 0.2) is 5.58 Å². The van der Waals surface area contributed by atoms with Gasteiger partial charge in [-0.2, -0.15) is 0 Å². The van der Waals surface area contributed by atoms with E-state index in [1.165, 1.54) is 4.57 Å². The first-order valence-corrected chi connectivity index (χ1v) is 10.1. The molecule has 6 nitrogen and oxygen atoms in total. The average molecular weight is 402 g/mol. The molecule has 28 heavy (non-hydrogen) atoms. The first-order chi connectivity index (χ1) is 13.5. The van der Waals surface area contributed by atoms with E-state index in [0.717, 1.165) is 37.9 Å². The van der Waals surface area contributed by atoms with E-state index < -0.39 is 5.76 Å². The number of rotatable bonds is 4. The number of benzene rings is 1. The Hall–Kier alpha value is -2.47. The molecular formula is C21H24ClN3O3. The fourth-order valence-corrected chi connectivity index (χ4v) is 4.30. The first kappa shape index (κ1) is 18.9. The quantitative estimate of drug-likeness (QED) is 0.660. The molecule has 4 rings (SSSR count). The largest absolute Gasteiger partial charge is 0.419 e. The highest BCUT2D eigenvalue weighted by molar-refractivity contribution is 6.31. The number of carbonyl (C=O) groups excluding carboxylic acids is 1. The van der Waals surface area contributed by atoms with Gasteiger partial charge < -0.3 is 13.9 Å². The second kappa shape index (κ2) is 7.87.